The second-order valence-corrected chi connectivity index (χ2v) is 7.73. The Bertz CT molecular complexity index is 906. The minimum absolute atomic E-state index is 0.246. The number of amides is 3. The molecule has 0 spiro atoms. The molecule has 2 atom stereocenters. The number of imide groups is 1. The molecule has 2 aromatic rings. The molecule has 2 aliphatic rings. The summed E-state index contributed by atoms with van der Waals surface area (Å²) in [6.45, 7) is 1.76. The SMILES string of the molecule is Cc1ccc(-c2csc(NC(=O)CN3C(=O)[C@H]4CC=CC[C@@H]4C3=O)n2)cc1. The van der Waals surface area contributed by atoms with Gasteiger partial charge in [0.05, 0.1) is 17.5 Å². The molecule has 0 saturated carbocycles. The first-order valence-corrected chi connectivity index (χ1v) is 9.73. The lowest BCUT2D eigenvalue weighted by atomic mass is 9.85. The van der Waals surface area contributed by atoms with Crippen LogP contribution in [0.2, 0.25) is 0 Å². The maximum absolute atomic E-state index is 12.4. The van der Waals surface area contributed by atoms with Gasteiger partial charge in [-0.2, -0.15) is 0 Å². The summed E-state index contributed by atoms with van der Waals surface area (Å²) in [4.78, 5) is 42.7. The number of anilines is 1. The van der Waals surface area contributed by atoms with Gasteiger partial charge in [0, 0.05) is 10.9 Å². The Hall–Kier alpha value is -2.80. The molecule has 6 nitrogen and oxygen atoms in total. The number of nitrogens with one attached hydrogen (secondary N) is 1. The fourth-order valence-corrected chi connectivity index (χ4v) is 4.25. The van der Waals surface area contributed by atoms with Crippen molar-refractivity contribution in [3.05, 3.63) is 47.4 Å². The molecule has 0 unspecified atom stereocenters. The molecule has 1 aromatic carbocycles. The number of allylic oxidation sites excluding steroid dienone is 2. The molecule has 1 fully saturated rings. The maximum atomic E-state index is 12.4. The standard InChI is InChI=1S/C20H19N3O3S/c1-12-6-8-13(9-7-12)16-11-27-20(21-16)22-17(24)10-23-18(25)14-4-2-3-5-15(14)19(23)26/h2-3,6-9,11,14-15H,4-5,10H2,1H3,(H,21,22,24)/t14-,15-/m0/s1. The molecule has 2 heterocycles. The van der Waals surface area contributed by atoms with Gasteiger partial charge in [-0.1, -0.05) is 42.0 Å². The van der Waals surface area contributed by atoms with Crippen molar-refractivity contribution in [2.24, 2.45) is 11.8 Å². The lowest BCUT2D eigenvalue weighted by molar-refractivity contribution is -0.142. The number of nitrogens with zero attached hydrogens (tertiary/aromatic N) is 2. The Labute approximate surface area is 160 Å². The summed E-state index contributed by atoms with van der Waals surface area (Å²) in [6.07, 6.45) is 5.00. The van der Waals surface area contributed by atoms with E-state index >= 15 is 0 Å². The summed E-state index contributed by atoms with van der Waals surface area (Å²) >= 11 is 1.32. The van der Waals surface area contributed by atoms with Crippen LogP contribution in [0.15, 0.2) is 41.8 Å². The minimum atomic E-state index is -0.409. The van der Waals surface area contributed by atoms with E-state index < -0.39 is 5.91 Å². The first-order valence-electron chi connectivity index (χ1n) is 8.85. The number of thiazole rings is 1. The van der Waals surface area contributed by atoms with Crippen molar-refractivity contribution in [3.63, 3.8) is 0 Å². The van der Waals surface area contributed by atoms with E-state index in [0.717, 1.165) is 16.2 Å². The largest absolute Gasteiger partial charge is 0.300 e. The molecule has 138 valence electrons. The summed E-state index contributed by atoms with van der Waals surface area (Å²) in [5.41, 5.74) is 2.91. The Morgan fingerprint density at radius 2 is 1.78 bits per heavy atom. The number of aryl methyl sites for hydroxylation is 1. The molecule has 7 heteroatoms. The van der Waals surface area contributed by atoms with Crippen LogP contribution in [0.5, 0.6) is 0 Å². The number of hydrogen-bond acceptors (Lipinski definition) is 5. The Morgan fingerprint density at radius 3 is 2.41 bits per heavy atom. The van der Waals surface area contributed by atoms with Crippen molar-refractivity contribution >= 4 is 34.2 Å². The number of carbonyl (C=O) groups excluding carboxylic acids is 3. The van der Waals surface area contributed by atoms with Gasteiger partial charge >= 0.3 is 0 Å². The summed E-state index contributed by atoms with van der Waals surface area (Å²) < 4.78 is 0. The number of carbonyl (C=O) groups is 3. The van der Waals surface area contributed by atoms with Crippen LogP contribution in [0, 0.1) is 18.8 Å². The second kappa shape index (κ2) is 7.08. The Morgan fingerprint density at radius 1 is 1.15 bits per heavy atom. The molecule has 0 bridgehead atoms. The first kappa shape index (κ1) is 17.6. The van der Waals surface area contributed by atoms with Gasteiger partial charge in [-0.15, -0.1) is 11.3 Å². The van der Waals surface area contributed by atoms with E-state index in [1.807, 2.05) is 48.7 Å². The Kier molecular flexibility index (Phi) is 4.61. The zero-order chi connectivity index (χ0) is 19.0. The highest BCUT2D eigenvalue weighted by molar-refractivity contribution is 7.14. The van der Waals surface area contributed by atoms with Crippen molar-refractivity contribution in [1.82, 2.24) is 9.88 Å². The molecule has 0 radical (unpaired) electrons. The van der Waals surface area contributed by atoms with E-state index in [1.165, 1.54) is 16.9 Å². The predicted octanol–water partition coefficient (Wildman–Crippen LogP) is 3.01. The second-order valence-electron chi connectivity index (χ2n) is 6.87. The molecule has 1 aliphatic carbocycles. The fraction of sp³-hybridized carbons (Fsp3) is 0.300. The fourth-order valence-electron chi connectivity index (χ4n) is 3.52. The highest BCUT2D eigenvalue weighted by Crippen LogP contribution is 2.35. The van der Waals surface area contributed by atoms with Crippen LogP contribution in [0.3, 0.4) is 0 Å². The smallest absolute Gasteiger partial charge is 0.246 e. The van der Waals surface area contributed by atoms with Crippen LogP contribution < -0.4 is 5.32 Å². The van der Waals surface area contributed by atoms with Gasteiger partial charge in [-0.05, 0) is 19.8 Å². The molecular weight excluding hydrogens is 362 g/mol. The van der Waals surface area contributed by atoms with E-state index in [2.05, 4.69) is 10.3 Å². The molecule has 4 rings (SSSR count). The van der Waals surface area contributed by atoms with Gasteiger partial charge in [-0.25, -0.2) is 4.98 Å². The number of fused-ring (bicyclic) bond motifs is 1. The Balaban J connectivity index is 1.41. The summed E-state index contributed by atoms with van der Waals surface area (Å²) in [6, 6.07) is 7.97. The molecule has 3 amide bonds. The zero-order valence-corrected chi connectivity index (χ0v) is 15.7. The van der Waals surface area contributed by atoms with Crippen molar-refractivity contribution in [2.75, 3.05) is 11.9 Å². The highest BCUT2D eigenvalue weighted by Gasteiger charge is 2.47. The van der Waals surface area contributed by atoms with Crippen molar-refractivity contribution < 1.29 is 14.4 Å². The monoisotopic (exact) mass is 381 g/mol. The number of benzene rings is 1. The lowest BCUT2D eigenvalue weighted by Crippen LogP contribution is -2.38. The van der Waals surface area contributed by atoms with Crippen LogP contribution in [0.1, 0.15) is 18.4 Å². The summed E-state index contributed by atoms with van der Waals surface area (Å²) in [5, 5.41) is 5.02. The minimum Gasteiger partial charge on any atom is -0.300 e. The van der Waals surface area contributed by atoms with Crippen LogP contribution >= 0.6 is 11.3 Å². The number of hydrogen-bond donors (Lipinski definition) is 1. The molecular formula is C20H19N3O3S. The number of rotatable bonds is 4. The topological polar surface area (TPSA) is 79.4 Å². The van der Waals surface area contributed by atoms with Crippen LogP contribution in [-0.4, -0.2) is 34.2 Å². The third-order valence-electron chi connectivity index (χ3n) is 5.00. The van der Waals surface area contributed by atoms with Crippen molar-refractivity contribution in [3.8, 4) is 11.3 Å². The van der Waals surface area contributed by atoms with E-state index in [0.29, 0.717) is 18.0 Å². The third kappa shape index (κ3) is 3.42. The van der Waals surface area contributed by atoms with E-state index in [4.69, 9.17) is 0 Å². The van der Waals surface area contributed by atoms with Crippen LogP contribution in [0.4, 0.5) is 5.13 Å². The predicted molar refractivity (Wildman–Crippen MR) is 103 cm³/mol. The molecule has 1 saturated heterocycles. The molecule has 1 aromatic heterocycles. The number of likely N-dealkylation sites (tertiary alicyclic amines) is 1. The zero-order valence-electron chi connectivity index (χ0n) is 14.8. The van der Waals surface area contributed by atoms with Gasteiger partial charge in [0.15, 0.2) is 5.13 Å². The molecule has 1 N–H and O–H groups in total. The van der Waals surface area contributed by atoms with Crippen LogP contribution in [-0.2, 0) is 14.4 Å². The van der Waals surface area contributed by atoms with Gasteiger partial charge in [0.1, 0.15) is 6.54 Å². The van der Waals surface area contributed by atoms with Crippen LogP contribution in [0.25, 0.3) is 11.3 Å². The average Bonchev–Trinajstić information content (AvgIpc) is 3.22. The average molecular weight is 381 g/mol. The highest BCUT2D eigenvalue weighted by atomic mass is 32.1. The van der Waals surface area contributed by atoms with E-state index in [9.17, 15) is 14.4 Å². The van der Waals surface area contributed by atoms with Gasteiger partial charge in [-0.3, -0.25) is 19.3 Å². The molecule has 27 heavy (non-hydrogen) atoms. The lowest BCUT2D eigenvalue weighted by Gasteiger charge is -2.14. The van der Waals surface area contributed by atoms with Gasteiger partial charge < -0.3 is 5.32 Å². The normalized spacial score (nSPS) is 21.4. The van der Waals surface area contributed by atoms with Gasteiger partial charge in [0.25, 0.3) is 0 Å². The summed E-state index contributed by atoms with van der Waals surface area (Å²) in [5.74, 6) is -1.53. The first-order chi connectivity index (χ1) is 13.0. The quantitative estimate of drug-likeness (QED) is 0.652. The van der Waals surface area contributed by atoms with Gasteiger partial charge in [0.2, 0.25) is 17.7 Å². The van der Waals surface area contributed by atoms with Crippen molar-refractivity contribution in [2.45, 2.75) is 19.8 Å². The third-order valence-corrected chi connectivity index (χ3v) is 5.76. The molecule has 1 aliphatic heterocycles. The number of aromatic nitrogens is 1. The van der Waals surface area contributed by atoms with Crippen molar-refractivity contribution in [1.29, 1.82) is 0 Å². The van der Waals surface area contributed by atoms with E-state index in [-0.39, 0.29) is 30.2 Å². The summed E-state index contributed by atoms with van der Waals surface area (Å²) in [7, 11) is 0. The maximum Gasteiger partial charge on any atom is 0.246 e. The van der Waals surface area contributed by atoms with E-state index in [1.54, 1.807) is 0 Å².